The van der Waals surface area contributed by atoms with Crippen molar-refractivity contribution in [2.24, 2.45) is 0 Å². The maximum atomic E-state index is 13.8. The van der Waals surface area contributed by atoms with E-state index in [4.69, 9.17) is 9.47 Å². The van der Waals surface area contributed by atoms with Crippen molar-refractivity contribution in [3.63, 3.8) is 0 Å². The minimum absolute atomic E-state index is 0.00283. The summed E-state index contributed by atoms with van der Waals surface area (Å²) in [5.74, 6) is -1.32. The van der Waals surface area contributed by atoms with Gasteiger partial charge in [0.2, 0.25) is 5.91 Å². The Morgan fingerprint density at radius 3 is 1.21 bits per heavy atom. The standard InChI is InChI=1S/C59H111N6O7/c1-9-11-13-15-17-19-21-23-25-27-29-31-33-35-37-39-49-71-58(69)42-41-54(59(70)72-50-40-38-36-34-32-30-28-26-24-22-20-18-16-14-12-10-2)60-55(66)51-61-43-45-62(56(67)52-64(3,4)5)47-48-63(46-44-61)57(68)53-65(6,7)8/h23-26,54H,9-22,27-53H2,1-8H3/q+1/p+1. The van der Waals surface area contributed by atoms with E-state index in [1.54, 1.807) is 9.80 Å². The summed E-state index contributed by atoms with van der Waals surface area (Å²) in [5.41, 5.74) is 0. The highest BCUT2D eigenvalue weighted by atomic mass is 16.5. The minimum atomic E-state index is -1.01. The first-order chi connectivity index (χ1) is 34.5. The van der Waals surface area contributed by atoms with Gasteiger partial charge in [0.25, 0.3) is 11.8 Å². The molecule has 0 spiro atoms. The molecule has 1 saturated heterocycles. The van der Waals surface area contributed by atoms with Crippen LogP contribution >= 0.6 is 0 Å². The summed E-state index contributed by atoms with van der Waals surface area (Å²) < 4.78 is 12.3. The first kappa shape index (κ1) is 66.7. The van der Waals surface area contributed by atoms with Gasteiger partial charge in [0.05, 0.1) is 62.0 Å². The number of ether oxygens (including phenoxy) is 2. The van der Waals surface area contributed by atoms with Crippen LogP contribution in [0.4, 0.5) is 0 Å². The summed E-state index contributed by atoms with van der Waals surface area (Å²) in [6, 6.07) is -1.01. The van der Waals surface area contributed by atoms with Gasteiger partial charge in [0.1, 0.15) is 6.04 Å². The fourth-order valence-electron chi connectivity index (χ4n) is 8.95. The molecule has 0 aromatic heterocycles. The van der Waals surface area contributed by atoms with E-state index in [1.165, 1.54) is 122 Å². The van der Waals surface area contributed by atoms with E-state index in [-0.39, 0.29) is 49.7 Å². The van der Waals surface area contributed by atoms with Gasteiger partial charge in [-0.05, 0) is 70.6 Å². The first-order valence-corrected chi connectivity index (χ1v) is 29.3. The Morgan fingerprint density at radius 1 is 0.472 bits per heavy atom. The number of rotatable bonds is 43. The van der Waals surface area contributed by atoms with E-state index in [2.05, 4.69) is 43.5 Å². The third kappa shape index (κ3) is 40.1. The summed E-state index contributed by atoms with van der Waals surface area (Å²) >= 11 is 0. The summed E-state index contributed by atoms with van der Waals surface area (Å²) in [5, 5.41) is 2.90. The smallest absolute Gasteiger partial charge is 0.328 e. The molecule has 1 rings (SSSR count). The fraction of sp³-hybridized carbons (Fsp3) is 0.847. The van der Waals surface area contributed by atoms with Gasteiger partial charge in [-0.2, -0.15) is 0 Å². The van der Waals surface area contributed by atoms with Crippen LogP contribution < -0.4 is 5.32 Å². The lowest BCUT2D eigenvalue weighted by atomic mass is 10.1. The lowest BCUT2D eigenvalue weighted by molar-refractivity contribution is -0.862. The summed E-state index contributed by atoms with van der Waals surface area (Å²) in [6.07, 6.45) is 43.0. The Labute approximate surface area is 441 Å². The number of carbonyl (C=O) groups excluding carboxylic acids is 5. The van der Waals surface area contributed by atoms with Gasteiger partial charge in [-0.25, -0.2) is 4.79 Å². The van der Waals surface area contributed by atoms with Gasteiger partial charge < -0.3 is 33.6 Å². The SMILES string of the molecule is CCCCCCCCC=CCCCCCCCCOC(=O)CCC(NC(=O)CN1CCN(C(=O)C[N+](C)(C)C)CCN(C(=O)C[N+](C)(C)C)CC1)C(=O)OCCCCCCCCC=CCCCCCCCC. The number of unbranched alkanes of at least 4 members (excludes halogenated alkanes) is 24. The van der Waals surface area contributed by atoms with Crippen molar-refractivity contribution in [1.29, 1.82) is 0 Å². The normalized spacial score (nSPS) is 14.6. The molecule has 0 radical (unpaired) electrons. The van der Waals surface area contributed by atoms with Gasteiger partial charge in [0.15, 0.2) is 13.1 Å². The number of hydrogen-bond donors (Lipinski definition) is 1. The zero-order valence-corrected chi connectivity index (χ0v) is 48.0. The largest absolute Gasteiger partial charge is 0.466 e. The molecular formula is C59H112N6O7+2. The van der Waals surface area contributed by atoms with Crippen molar-refractivity contribution in [3.8, 4) is 0 Å². The van der Waals surface area contributed by atoms with E-state index >= 15 is 0 Å². The average Bonchev–Trinajstić information content (AvgIpc) is 3.42. The molecule has 0 saturated carbocycles. The monoisotopic (exact) mass is 1020 g/mol. The molecule has 1 unspecified atom stereocenters. The van der Waals surface area contributed by atoms with Crippen molar-refractivity contribution < 1.29 is 42.4 Å². The van der Waals surface area contributed by atoms with Gasteiger partial charge in [-0.1, -0.05) is 154 Å². The van der Waals surface area contributed by atoms with E-state index < -0.39 is 12.0 Å². The predicted octanol–water partition coefficient (Wildman–Crippen LogP) is 10.8. The molecule has 13 heteroatoms. The molecule has 1 N–H and O–H groups in total. The minimum Gasteiger partial charge on any atom is -0.466 e. The van der Waals surface area contributed by atoms with Crippen LogP contribution in [0.1, 0.15) is 206 Å². The van der Waals surface area contributed by atoms with Crippen LogP contribution in [0.15, 0.2) is 24.3 Å². The van der Waals surface area contributed by atoms with Crippen molar-refractivity contribution >= 4 is 29.7 Å². The molecule has 3 amide bonds. The molecule has 13 nitrogen and oxygen atoms in total. The Hall–Kier alpha value is -3.29. The lowest BCUT2D eigenvalue weighted by Gasteiger charge is -2.31. The van der Waals surface area contributed by atoms with Crippen molar-refractivity contribution in [2.75, 3.05) is 114 Å². The highest BCUT2D eigenvalue weighted by Crippen LogP contribution is 2.14. The topological polar surface area (TPSA) is 126 Å². The molecule has 0 aromatic rings. The number of allylic oxidation sites excluding steroid dienone is 4. The number of esters is 2. The molecule has 1 aliphatic rings. The van der Waals surface area contributed by atoms with Gasteiger partial charge in [0, 0.05) is 45.7 Å². The molecule has 72 heavy (non-hydrogen) atoms. The summed E-state index contributed by atoms with van der Waals surface area (Å²) in [4.78, 5) is 72.8. The predicted molar refractivity (Wildman–Crippen MR) is 297 cm³/mol. The van der Waals surface area contributed by atoms with Crippen molar-refractivity contribution in [3.05, 3.63) is 24.3 Å². The molecule has 0 bridgehead atoms. The number of nitrogens with zero attached hydrogens (tertiary/aromatic N) is 5. The molecule has 1 aliphatic heterocycles. The van der Waals surface area contributed by atoms with Gasteiger partial charge >= 0.3 is 11.9 Å². The average molecular weight is 1020 g/mol. The zero-order chi connectivity index (χ0) is 53.1. The second-order valence-electron chi connectivity index (χ2n) is 22.9. The van der Waals surface area contributed by atoms with Crippen molar-refractivity contribution in [1.82, 2.24) is 20.0 Å². The number of carbonyl (C=O) groups is 5. The van der Waals surface area contributed by atoms with Gasteiger partial charge in [-0.15, -0.1) is 0 Å². The zero-order valence-electron chi connectivity index (χ0n) is 48.0. The molecule has 1 fully saturated rings. The van der Waals surface area contributed by atoms with E-state index in [1.807, 2.05) is 47.2 Å². The summed E-state index contributed by atoms with van der Waals surface area (Å²) in [6.45, 7) is 8.23. The second-order valence-corrected chi connectivity index (χ2v) is 22.9. The van der Waals surface area contributed by atoms with E-state index in [9.17, 15) is 24.0 Å². The highest BCUT2D eigenvalue weighted by Gasteiger charge is 2.29. The van der Waals surface area contributed by atoms with E-state index in [0.717, 1.165) is 57.8 Å². The highest BCUT2D eigenvalue weighted by molar-refractivity contribution is 5.86. The van der Waals surface area contributed by atoms with Gasteiger partial charge in [-0.3, -0.25) is 24.1 Å². The second kappa shape index (κ2) is 43.0. The molecule has 418 valence electrons. The Bertz CT molecular complexity index is 1430. The quantitative estimate of drug-likeness (QED) is 0.0277. The van der Waals surface area contributed by atoms with Crippen LogP contribution in [0.2, 0.25) is 0 Å². The molecule has 1 atom stereocenters. The Kier molecular flexibility index (Phi) is 39.9. The summed E-state index contributed by atoms with van der Waals surface area (Å²) in [7, 11) is 11.8. The van der Waals surface area contributed by atoms with Crippen LogP contribution in [0, 0.1) is 0 Å². The molecule has 1 heterocycles. The van der Waals surface area contributed by atoms with Crippen LogP contribution in [0.3, 0.4) is 0 Å². The van der Waals surface area contributed by atoms with Crippen LogP contribution in [-0.4, -0.2) is 174 Å². The fourth-order valence-corrected chi connectivity index (χ4v) is 8.95. The number of amides is 3. The number of likely N-dealkylation sites (N-methyl/N-ethyl adjacent to an activating group) is 2. The maximum absolute atomic E-state index is 13.8. The van der Waals surface area contributed by atoms with Crippen molar-refractivity contribution in [2.45, 2.75) is 213 Å². The van der Waals surface area contributed by atoms with Crippen LogP contribution in [-0.2, 0) is 33.4 Å². The van der Waals surface area contributed by atoms with Crippen LogP contribution in [0.25, 0.3) is 0 Å². The molecular weight excluding hydrogens is 905 g/mol. The number of hydrogen-bond acceptors (Lipinski definition) is 8. The Morgan fingerprint density at radius 2 is 0.819 bits per heavy atom. The number of nitrogens with one attached hydrogen (secondary N) is 1. The van der Waals surface area contributed by atoms with E-state index in [0.29, 0.717) is 67.9 Å². The number of quaternary nitrogens is 2. The third-order valence-electron chi connectivity index (χ3n) is 13.4. The lowest BCUT2D eigenvalue weighted by Crippen LogP contribution is -2.50. The maximum Gasteiger partial charge on any atom is 0.328 e. The Balaban J connectivity index is 2.72. The van der Waals surface area contributed by atoms with Crippen LogP contribution in [0.5, 0.6) is 0 Å². The molecule has 0 aromatic carbocycles. The molecule has 0 aliphatic carbocycles. The first-order valence-electron chi connectivity index (χ1n) is 29.3. The third-order valence-corrected chi connectivity index (χ3v) is 13.4.